The minimum Gasteiger partial charge on any atom is -0.345 e. The van der Waals surface area contributed by atoms with Crippen molar-refractivity contribution in [3.8, 4) is 0 Å². The summed E-state index contributed by atoms with van der Waals surface area (Å²) in [6.07, 6.45) is -1.23. The number of halogens is 3. The van der Waals surface area contributed by atoms with Gasteiger partial charge in [-0.15, -0.1) is 10.2 Å². The number of alkyl halides is 3. The molecule has 0 amide bonds. The van der Waals surface area contributed by atoms with Crippen LogP contribution in [0, 0.1) is 13.8 Å². The van der Waals surface area contributed by atoms with Crippen molar-refractivity contribution >= 4 is 23.2 Å². The largest absolute Gasteiger partial charge is 0.417 e. The molecule has 1 aliphatic rings. The Kier molecular flexibility index (Phi) is 4.29. The van der Waals surface area contributed by atoms with Crippen molar-refractivity contribution in [3.05, 3.63) is 46.9 Å². The number of nitrogens with zero attached hydrogens (tertiary/aromatic N) is 4. The van der Waals surface area contributed by atoms with Gasteiger partial charge in [0.15, 0.2) is 16.6 Å². The van der Waals surface area contributed by atoms with Gasteiger partial charge in [-0.2, -0.15) is 13.2 Å². The highest BCUT2D eigenvalue weighted by Gasteiger charge is 2.31. The van der Waals surface area contributed by atoms with Crippen LogP contribution in [0.5, 0.6) is 0 Å². The van der Waals surface area contributed by atoms with E-state index in [2.05, 4.69) is 14.8 Å². The fourth-order valence-electron chi connectivity index (χ4n) is 3.30. The van der Waals surface area contributed by atoms with E-state index in [9.17, 15) is 18.0 Å². The van der Waals surface area contributed by atoms with E-state index in [1.165, 1.54) is 10.5 Å². The maximum atomic E-state index is 12.9. The van der Waals surface area contributed by atoms with Gasteiger partial charge >= 0.3 is 6.18 Å². The highest BCUT2D eigenvalue weighted by Crippen LogP contribution is 2.38. The zero-order valence-electron chi connectivity index (χ0n) is 14.7. The van der Waals surface area contributed by atoms with E-state index in [1.807, 2.05) is 19.9 Å². The van der Waals surface area contributed by atoms with Crippen LogP contribution in [0.25, 0.3) is 5.65 Å². The molecular formula is C18H17F3N4OS. The van der Waals surface area contributed by atoms with E-state index in [-0.39, 0.29) is 16.7 Å². The number of hydrogen-bond acceptors (Lipinski definition) is 4. The van der Waals surface area contributed by atoms with Gasteiger partial charge in [-0.1, -0.05) is 11.8 Å². The predicted octanol–water partition coefficient (Wildman–Crippen LogP) is 4.48. The minimum atomic E-state index is -4.45. The summed E-state index contributed by atoms with van der Waals surface area (Å²) < 4.78 is 42.2. The number of thioether (sulfide) groups is 1. The van der Waals surface area contributed by atoms with Crippen LogP contribution in [0.1, 0.15) is 46.2 Å². The van der Waals surface area contributed by atoms with E-state index in [0.29, 0.717) is 17.3 Å². The molecule has 27 heavy (non-hydrogen) atoms. The third kappa shape index (κ3) is 3.36. The molecule has 1 aliphatic carbocycles. The smallest absolute Gasteiger partial charge is 0.345 e. The molecule has 142 valence electrons. The van der Waals surface area contributed by atoms with Crippen LogP contribution in [0.15, 0.2) is 29.6 Å². The lowest BCUT2D eigenvalue weighted by atomic mass is 10.2. The second-order valence-electron chi connectivity index (χ2n) is 6.72. The highest BCUT2D eigenvalue weighted by atomic mass is 32.2. The SMILES string of the molecule is Cc1cc(C(=O)CSc2nnc3ccc(C(F)(F)F)cn23)c(C)n1C1CC1. The van der Waals surface area contributed by atoms with E-state index in [0.717, 1.165) is 48.3 Å². The molecule has 0 saturated heterocycles. The quantitative estimate of drug-likeness (QED) is 0.473. The summed E-state index contributed by atoms with van der Waals surface area (Å²) in [7, 11) is 0. The summed E-state index contributed by atoms with van der Waals surface area (Å²) in [5.74, 6) is 0.0233. The molecule has 0 radical (unpaired) electrons. The lowest BCUT2D eigenvalue weighted by Crippen LogP contribution is -2.07. The number of aromatic nitrogens is 4. The second-order valence-corrected chi connectivity index (χ2v) is 7.67. The fraction of sp³-hybridized carbons (Fsp3) is 0.389. The van der Waals surface area contributed by atoms with Crippen molar-refractivity contribution < 1.29 is 18.0 Å². The minimum absolute atomic E-state index is 0.0660. The van der Waals surface area contributed by atoms with Crippen LogP contribution in [-0.2, 0) is 6.18 Å². The maximum Gasteiger partial charge on any atom is 0.417 e. The second kappa shape index (κ2) is 6.40. The third-order valence-electron chi connectivity index (χ3n) is 4.73. The Hall–Kier alpha value is -2.29. The molecule has 3 aromatic heterocycles. The Morgan fingerprint density at radius 2 is 2.00 bits per heavy atom. The van der Waals surface area contributed by atoms with Crippen molar-refractivity contribution in [2.24, 2.45) is 0 Å². The van der Waals surface area contributed by atoms with Crippen LogP contribution in [0.2, 0.25) is 0 Å². The van der Waals surface area contributed by atoms with Crippen LogP contribution in [-0.4, -0.2) is 30.7 Å². The summed E-state index contributed by atoms with van der Waals surface area (Å²) in [5, 5.41) is 8.05. The number of carbonyl (C=O) groups excluding carboxylic acids is 1. The Morgan fingerprint density at radius 1 is 1.26 bits per heavy atom. The van der Waals surface area contributed by atoms with Crippen LogP contribution < -0.4 is 0 Å². The van der Waals surface area contributed by atoms with E-state index in [4.69, 9.17) is 0 Å². The van der Waals surface area contributed by atoms with Crippen molar-refractivity contribution in [1.29, 1.82) is 0 Å². The maximum absolute atomic E-state index is 12.9. The van der Waals surface area contributed by atoms with Crippen LogP contribution in [0.3, 0.4) is 0 Å². The Labute approximate surface area is 157 Å². The Morgan fingerprint density at radius 3 is 2.67 bits per heavy atom. The molecule has 1 saturated carbocycles. The summed E-state index contributed by atoms with van der Waals surface area (Å²) in [5.41, 5.74) is 2.20. The standard InChI is InChI=1S/C18H17F3N4OS/c1-10-7-14(11(2)25(10)13-4-5-13)15(26)9-27-17-23-22-16-6-3-12(8-24(16)17)18(19,20)21/h3,6-8,13H,4-5,9H2,1-2H3. The number of fused-ring (bicyclic) bond motifs is 1. The normalized spacial score (nSPS) is 14.9. The van der Waals surface area contributed by atoms with Crippen molar-refractivity contribution in [2.45, 2.75) is 44.1 Å². The Bertz CT molecular complexity index is 1030. The molecule has 1 fully saturated rings. The molecule has 9 heteroatoms. The molecule has 0 atom stereocenters. The van der Waals surface area contributed by atoms with E-state index in [1.54, 1.807) is 0 Å². The average Bonchev–Trinajstić information content (AvgIpc) is 3.28. The first kappa shape index (κ1) is 18.1. The lowest BCUT2D eigenvalue weighted by molar-refractivity contribution is -0.137. The number of rotatable bonds is 5. The lowest BCUT2D eigenvalue weighted by Gasteiger charge is -2.08. The first-order chi connectivity index (χ1) is 12.8. The molecule has 0 spiro atoms. The van der Waals surface area contributed by atoms with Gasteiger partial charge in [-0.25, -0.2) is 0 Å². The van der Waals surface area contributed by atoms with Gasteiger partial charge in [0.25, 0.3) is 0 Å². The van der Waals surface area contributed by atoms with Gasteiger partial charge in [-0.3, -0.25) is 9.20 Å². The molecular weight excluding hydrogens is 377 g/mol. The third-order valence-corrected chi connectivity index (χ3v) is 5.67. The molecule has 0 aliphatic heterocycles. The molecule has 0 N–H and O–H groups in total. The summed E-state index contributed by atoms with van der Waals surface area (Å²) in [6, 6.07) is 4.61. The average molecular weight is 394 g/mol. The molecule has 0 bridgehead atoms. The van der Waals surface area contributed by atoms with Gasteiger partial charge in [0.2, 0.25) is 0 Å². The summed E-state index contributed by atoms with van der Waals surface area (Å²) in [6.45, 7) is 3.92. The Balaban J connectivity index is 1.55. The van der Waals surface area contributed by atoms with Gasteiger partial charge in [0.05, 0.1) is 11.3 Å². The summed E-state index contributed by atoms with van der Waals surface area (Å²) in [4.78, 5) is 12.7. The van der Waals surface area contributed by atoms with Gasteiger partial charge in [0, 0.05) is 29.2 Å². The van der Waals surface area contributed by atoms with E-state index < -0.39 is 11.7 Å². The number of aryl methyl sites for hydroxylation is 1. The van der Waals surface area contributed by atoms with Gasteiger partial charge in [0.1, 0.15) is 0 Å². The van der Waals surface area contributed by atoms with Gasteiger partial charge in [-0.05, 0) is 44.9 Å². The fourth-order valence-corrected chi connectivity index (χ4v) is 4.10. The highest BCUT2D eigenvalue weighted by molar-refractivity contribution is 7.99. The number of pyridine rings is 1. The van der Waals surface area contributed by atoms with Crippen molar-refractivity contribution in [1.82, 2.24) is 19.2 Å². The number of carbonyl (C=O) groups is 1. The number of hydrogen-bond donors (Lipinski definition) is 0. The van der Waals surface area contributed by atoms with Crippen LogP contribution >= 0.6 is 11.8 Å². The monoisotopic (exact) mass is 394 g/mol. The molecule has 4 rings (SSSR count). The topological polar surface area (TPSA) is 52.2 Å². The number of ketones is 1. The van der Waals surface area contributed by atoms with Crippen LogP contribution in [0.4, 0.5) is 13.2 Å². The first-order valence-electron chi connectivity index (χ1n) is 8.52. The van der Waals surface area contributed by atoms with Crippen molar-refractivity contribution in [2.75, 3.05) is 5.75 Å². The molecule has 3 aromatic rings. The zero-order chi connectivity index (χ0) is 19.3. The zero-order valence-corrected chi connectivity index (χ0v) is 15.6. The molecule has 3 heterocycles. The first-order valence-corrected chi connectivity index (χ1v) is 9.50. The molecule has 0 aromatic carbocycles. The van der Waals surface area contributed by atoms with Gasteiger partial charge < -0.3 is 4.57 Å². The van der Waals surface area contributed by atoms with E-state index >= 15 is 0 Å². The number of Topliss-reactive ketones (excluding diaryl/α,β-unsaturated/α-hetero) is 1. The van der Waals surface area contributed by atoms with Crippen molar-refractivity contribution in [3.63, 3.8) is 0 Å². The molecule has 5 nitrogen and oxygen atoms in total. The summed E-state index contributed by atoms with van der Waals surface area (Å²) >= 11 is 1.09. The predicted molar refractivity (Wildman–Crippen MR) is 95.2 cm³/mol. The molecule has 0 unspecified atom stereocenters.